The fourth-order valence-corrected chi connectivity index (χ4v) is 29.5. The van der Waals surface area contributed by atoms with Crippen molar-refractivity contribution in [1.29, 1.82) is 0 Å². The third kappa shape index (κ3) is 3.67. The van der Waals surface area contributed by atoms with Crippen LogP contribution in [-0.4, -0.2) is 47.9 Å². The zero-order valence-corrected chi connectivity index (χ0v) is 20.9. The second kappa shape index (κ2) is 10.4. The molecule has 0 unspecified atom stereocenters. The van der Waals surface area contributed by atoms with Crippen molar-refractivity contribution in [1.82, 2.24) is 8.66 Å². The van der Waals surface area contributed by atoms with Crippen LogP contribution in [0.3, 0.4) is 0 Å². The molecule has 0 heterocycles. The third-order valence-electron chi connectivity index (χ3n) is 5.80. The Labute approximate surface area is 157 Å². The molecular weight excluding hydrogens is 461 g/mol. The van der Waals surface area contributed by atoms with Gasteiger partial charge in [0.1, 0.15) is 0 Å². The molecule has 0 atom stereocenters. The molecule has 0 aromatic carbocycles. The summed E-state index contributed by atoms with van der Waals surface area (Å²) < 4.78 is 9.03. The molecule has 0 saturated carbocycles. The predicted octanol–water partition coefficient (Wildman–Crippen LogP) is 5.00. The first kappa shape index (κ1) is 22.3. The van der Waals surface area contributed by atoms with Gasteiger partial charge in [0.15, 0.2) is 0 Å². The van der Waals surface area contributed by atoms with Crippen LogP contribution in [0.2, 0.25) is 3.17 Å². The average Bonchev–Trinajstić information content (AvgIpc) is 3.07. The Bertz CT molecular complexity index is 364. The second-order valence-corrected chi connectivity index (χ2v) is 21.4. The van der Waals surface area contributed by atoms with Gasteiger partial charge in [0.2, 0.25) is 0 Å². The summed E-state index contributed by atoms with van der Waals surface area (Å²) in [5, 5.41) is 0. The molecule has 1 aliphatic rings. The number of rotatable bonds is 12. The van der Waals surface area contributed by atoms with Crippen molar-refractivity contribution < 1.29 is 20.8 Å². The Morgan fingerprint density at radius 2 is 0.958 bits per heavy atom. The van der Waals surface area contributed by atoms with Crippen LogP contribution in [0.25, 0.3) is 0 Å². The summed E-state index contributed by atoms with van der Waals surface area (Å²) in [5.74, 6) is 0. The van der Waals surface area contributed by atoms with Crippen LogP contribution >= 0.6 is 0 Å². The normalized spacial score (nSPS) is 16.9. The maximum atomic E-state index is 2.92. The van der Waals surface area contributed by atoms with Crippen LogP contribution in [0, 0.1) is 0 Å². The van der Waals surface area contributed by atoms with Crippen molar-refractivity contribution in [3.63, 3.8) is 0 Å². The molecule has 0 N–H and O–H groups in total. The first-order valence-electron chi connectivity index (χ1n) is 10.2. The van der Waals surface area contributed by atoms with E-state index in [1.165, 1.54) is 12.8 Å². The van der Waals surface area contributed by atoms with Crippen molar-refractivity contribution >= 4 is 0 Å². The van der Waals surface area contributed by atoms with Gasteiger partial charge in [-0.15, -0.1) is 0 Å². The van der Waals surface area contributed by atoms with E-state index in [4.69, 9.17) is 0 Å². The van der Waals surface area contributed by atoms with Gasteiger partial charge in [-0.3, -0.25) is 0 Å². The zero-order valence-electron chi connectivity index (χ0n) is 17.3. The first-order valence-corrected chi connectivity index (χ1v) is 16.8. The minimum atomic E-state index is -3.30. The van der Waals surface area contributed by atoms with Crippen molar-refractivity contribution in [2.45, 2.75) is 64.5 Å². The van der Waals surface area contributed by atoms with Gasteiger partial charge in [0.25, 0.3) is 0 Å². The SMILES string of the molecule is CCC[C]1([Hf]([N](CC)CC)([N](CC)CC)[N](CC)CC)C=CC=C1. The molecule has 0 fully saturated rings. The van der Waals surface area contributed by atoms with E-state index in [1.807, 2.05) is 0 Å². The Morgan fingerprint density at radius 1 is 0.625 bits per heavy atom. The summed E-state index contributed by atoms with van der Waals surface area (Å²) in [6, 6.07) is 0. The quantitative estimate of drug-likeness (QED) is 0.349. The van der Waals surface area contributed by atoms with E-state index in [-0.39, 0.29) is 3.17 Å². The fourth-order valence-electron chi connectivity index (χ4n) is 4.96. The predicted molar refractivity (Wildman–Crippen MR) is 105 cm³/mol. The van der Waals surface area contributed by atoms with Crippen LogP contribution in [0.5, 0.6) is 0 Å². The van der Waals surface area contributed by atoms with Gasteiger partial charge in [-0.1, -0.05) is 0 Å². The Balaban J connectivity index is 3.73. The molecule has 1 rings (SSSR count). The first-order chi connectivity index (χ1) is 11.6. The number of nitrogens with zero attached hydrogens (tertiary/aromatic N) is 3. The molecule has 140 valence electrons. The number of hydrogen-bond donors (Lipinski definition) is 0. The molecule has 0 bridgehead atoms. The Hall–Kier alpha value is 0.230. The summed E-state index contributed by atoms with van der Waals surface area (Å²) in [6.45, 7) is 23.6. The standard InChI is InChI=1S/C8H11.3C4H10N.Hf/c1-2-5-8-6-3-4-7-8;3*1-3-5-4-2;/h3-4,6-7H,2,5H2,1H3;3*3-4H2,1-2H3;/q;3*-1;+3. The topological polar surface area (TPSA) is 9.72 Å². The van der Waals surface area contributed by atoms with E-state index in [2.05, 4.69) is 81.4 Å². The molecule has 0 aliphatic heterocycles. The van der Waals surface area contributed by atoms with Gasteiger partial charge >= 0.3 is 158 Å². The van der Waals surface area contributed by atoms with Crippen LogP contribution in [0.4, 0.5) is 0 Å². The molecule has 0 spiro atoms. The van der Waals surface area contributed by atoms with Gasteiger partial charge in [0.05, 0.1) is 0 Å². The van der Waals surface area contributed by atoms with E-state index >= 15 is 0 Å². The van der Waals surface area contributed by atoms with Crippen molar-refractivity contribution in [2.24, 2.45) is 0 Å². The Morgan fingerprint density at radius 3 is 1.21 bits per heavy atom. The Kier molecular flexibility index (Phi) is 9.65. The molecule has 0 radical (unpaired) electrons. The fraction of sp³-hybridized carbons (Fsp3) is 0.800. The van der Waals surface area contributed by atoms with Gasteiger partial charge in [-0.05, 0) is 0 Å². The monoisotopic (exact) mass is 503 g/mol. The summed E-state index contributed by atoms with van der Waals surface area (Å²) in [7, 11) is 0. The molecule has 0 amide bonds. The minimum absolute atomic E-state index is 0.270. The van der Waals surface area contributed by atoms with E-state index in [0.29, 0.717) is 0 Å². The van der Waals surface area contributed by atoms with Crippen molar-refractivity contribution in [2.75, 3.05) is 39.3 Å². The van der Waals surface area contributed by atoms with Gasteiger partial charge < -0.3 is 0 Å². The molecule has 0 saturated heterocycles. The third-order valence-corrected chi connectivity index (χ3v) is 28.7. The second-order valence-electron chi connectivity index (χ2n) is 6.66. The zero-order chi connectivity index (χ0) is 18.2. The molecule has 0 aromatic rings. The molecule has 0 aromatic heterocycles. The number of hydrogen-bond acceptors (Lipinski definition) is 3. The molecule has 24 heavy (non-hydrogen) atoms. The summed E-state index contributed by atoms with van der Waals surface area (Å²) in [5.41, 5.74) is 0. The van der Waals surface area contributed by atoms with Gasteiger partial charge in [-0.25, -0.2) is 0 Å². The van der Waals surface area contributed by atoms with E-state index in [9.17, 15) is 0 Å². The maximum absolute atomic E-state index is 3.30. The van der Waals surface area contributed by atoms with E-state index in [0.717, 1.165) is 39.3 Å². The van der Waals surface area contributed by atoms with Crippen LogP contribution in [0.15, 0.2) is 24.3 Å². The van der Waals surface area contributed by atoms with Crippen LogP contribution in [0.1, 0.15) is 61.3 Å². The van der Waals surface area contributed by atoms with E-state index < -0.39 is 20.8 Å². The average molecular weight is 502 g/mol. The van der Waals surface area contributed by atoms with Gasteiger partial charge in [0, 0.05) is 0 Å². The van der Waals surface area contributed by atoms with E-state index in [1.54, 1.807) is 0 Å². The van der Waals surface area contributed by atoms with Crippen molar-refractivity contribution in [3.8, 4) is 0 Å². The van der Waals surface area contributed by atoms with Crippen molar-refractivity contribution in [3.05, 3.63) is 24.3 Å². The summed E-state index contributed by atoms with van der Waals surface area (Å²) in [6.07, 6.45) is 12.3. The molecule has 1 aliphatic carbocycles. The molecule has 3 nitrogen and oxygen atoms in total. The van der Waals surface area contributed by atoms with Crippen LogP contribution < -0.4 is 0 Å². The van der Waals surface area contributed by atoms with Gasteiger partial charge in [-0.2, -0.15) is 0 Å². The summed E-state index contributed by atoms with van der Waals surface area (Å²) in [4.78, 5) is 0. The number of allylic oxidation sites excluding steroid dienone is 4. The summed E-state index contributed by atoms with van der Waals surface area (Å²) >= 11 is -3.30. The molecule has 4 heteroatoms. The van der Waals surface area contributed by atoms with Crippen LogP contribution in [-0.2, 0) is 20.8 Å². The molecular formula is C20H41HfN3.